The monoisotopic (exact) mass is 646 g/mol. The van der Waals surface area contributed by atoms with Crippen molar-refractivity contribution in [2.45, 2.75) is 118 Å². The summed E-state index contributed by atoms with van der Waals surface area (Å²) in [7, 11) is 0. The number of rotatable bonds is 11. The van der Waals surface area contributed by atoms with E-state index in [0.717, 1.165) is 0 Å². The van der Waals surface area contributed by atoms with Gasteiger partial charge in [0, 0.05) is 5.60 Å². The van der Waals surface area contributed by atoms with Crippen molar-refractivity contribution in [2.24, 2.45) is 4.99 Å². The number of aliphatic hydroxyl groups is 10. The minimum absolute atomic E-state index is 0.170. The number of hydrogen-bond acceptors (Lipinski definition) is 19. The van der Waals surface area contributed by atoms with Crippen molar-refractivity contribution in [3.8, 4) is 0 Å². The zero-order valence-electron chi connectivity index (χ0n) is 24.4. The maximum absolute atomic E-state index is 11.7. The van der Waals surface area contributed by atoms with Crippen LogP contribution >= 0.6 is 0 Å². The minimum Gasteiger partial charge on any atom is -0.595 e. The molecule has 10 N–H and O–H groups in total. The largest absolute Gasteiger partial charge is 0.595 e. The molecule has 3 aliphatic rings. The van der Waals surface area contributed by atoms with Gasteiger partial charge in [-0.25, -0.2) is 0 Å². The van der Waals surface area contributed by atoms with E-state index in [4.69, 9.17) is 33.2 Å². The second kappa shape index (κ2) is 16.0. The molecule has 0 aromatic rings. The predicted molar refractivity (Wildman–Crippen MR) is 138 cm³/mol. The molecule has 3 heterocycles. The fourth-order valence-electron chi connectivity index (χ4n) is 4.57. The highest BCUT2D eigenvalue weighted by atomic mass is 16.7. The maximum Gasteiger partial charge on any atom is 0.186 e. The lowest BCUT2D eigenvalue weighted by Crippen LogP contribution is -2.62. The Labute approximate surface area is 252 Å². The van der Waals surface area contributed by atoms with Crippen molar-refractivity contribution in [3.63, 3.8) is 0 Å². The summed E-state index contributed by atoms with van der Waals surface area (Å²) in [5.41, 5.74) is -0.751. The van der Waals surface area contributed by atoms with Gasteiger partial charge < -0.3 is 89.3 Å². The third-order valence-corrected chi connectivity index (χ3v) is 7.04. The molecule has 0 amide bonds. The van der Waals surface area contributed by atoms with Gasteiger partial charge in [0.05, 0.1) is 33.0 Å². The Morgan fingerprint density at radius 1 is 0.614 bits per heavy atom. The molecule has 44 heavy (non-hydrogen) atoms. The van der Waals surface area contributed by atoms with Crippen molar-refractivity contribution < 1.29 is 89.3 Å². The van der Waals surface area contributed by atoms with E-state index in [-0.39, 0.29) is 13.2 Å². The molecule has 19 heteroatoms. The van der Waals surface area contributed by atoms with E-state index in [1.54, 1.807) is 20.8 Å². The molecule has 0 aromatic heterocycles. The zero-order valence-corrected chi connectivity index (χ0v) is 24.4. The Bertz CT molecular complexity index is 905. The van der Waals surface area contributed by atoms with Crippen LogP contribution in [-0.2, 0) is 33.2 Å². The number of aliphatic imine (C=N–C) groups is 1. The Hall–Kier alpha value is -1.37. The van der Waals surface area contributed by atoms with Crippen molar-refractivity contribution in [1.82, 2.24) is 0 Å². The third-order valence-electron chi connectivity index (χ3n) is 7.04. The third kappa shape index (κ3) is 9.35. The Balaban J connectivity index is 1.55. The van der Waals surface area contributed by atoms with Crippen LogP contribution in [0.2, 0.25) is 0 Å². The van der Waals surface area contributed by atoms with E-state index in [1.807, 2.05) is 0 Å². The van der Waals surface area contributed by atoms with Gasteiger partial charge in [-0.2, -0.15) is 0 Å². The van der Waals surface area contributed by atoms with E-state index in [0.29, 0.717) is 0 Å². The lowest BCUT2D eigenvalue weighted by atomic mass is 9.98. The Morgan fingerprint density at radius 2 is 1.00 bits per heavy atom. The number of hydrogen-bond donors (Lipinski definition) is 10. The lowest BCUT2D eigenvalue weighted by molar-refractivity contribution is -0.342. The smallest absolute Gasteiger partial charge is 0.186 e. The average molecular weight is 647 g/mol. The quantitative estimate of drug-likeness (QED) is 0.0566. The first-order valence-electron chi connectivity index (χ1n) is 14.0. The minimum atomic E-state index is -1.83. The standard InChI is InChI=1S/C25H45NO18/c1-25(2,3)44-24(37)26-4-5-38-21-18(34)16(32)13(29)10(42-21)7-40-23-20(36)17(33)14(30)11(43-23)8-39-22-19(35)15(31)12(28)9(6-27)41-22/h9-23,27-36H,4-8H2,1-3H3,(H,26,37)/p-1. The highest BCUT2D eigenvalue weighted by molar-refractivity contribution is 5.62. The van der Waals surface area contributed by atoms with Crippen LogP contribution < -0.4 is 5.11 Å². The maximum atomic E-state index is 11.7. The highest BCUT2D eigenvalue weighted by Crippen LogP contribution is 2.28. The molecule has 0 saturated carbocycles. The predicted octanol–water partition coefficient (Wildman–Crippen LogP) is -7.02. The first-order chi connectivity index (χ1) is 20.5. The van der Waals surface area contributed by atoms with Crippen LogP contribution in [0.5, 0.6) is 0 Å². The summed E-state index contributed by atoms with van der Waals surface area (Å²) < 4.78 is 37.5. The van der Waals surface area contributed by atoms with Gasteiger partial charge in [0.2, 0.25) is 0 Å². The molecule has 0 aromatic carbocycles. The summed E-state index contributed by atoms with van der Waals surface area (Å²) in [4.78, 5) is 3.65. The van der Waals surface area contributed by atoms with Gasteiger partial charge in [0.15, 0.2) is 18.9 Å². The van der Waals surface area contributed by atoms with Crippen molar-refractivity contribution in [3.05, 3.63) is 0 Å². The molecule has 15 atom stereocenters. The molecule has 19 nitrogen and oxygen atoms in total. The second-order valence-corrected chi connectivity index (χ2v) is 11.6. The second-order valence-electron chi connectivity index (χ2n) is 11.6. The molecule has 3 saturated heterocycles. The summed E-state index contributed by atoms with van der Waals surface area (Å²) >= 11 is 0. The first kappa shape index (κ1) is 37.1. The summed E-state index contributed by atoms with van der Waals surface area (Å²) in [5.74, 6) is 0. The van der Waals surface area contributed by atoms with Crippen LogP contribution in [0.1, 0.15) is 20.8 Å². The molecule has 0 aliphatic carbocycles. The zero-order chi connectivity index (χ0) is 32.9. The summed E-state index contributed by atoms with van der Waals surface area (Å²) in [6.45, 7) is 2.70. The summed E-state index contributed by atoms with van der Waals surface area (Å²) in [6, 6.07) is 0. The van der Waals surface area contributed by atoms with Crippen LogP contribution in [-0.4, -0.2) is 188 Å². The lowest BCUT2D eigenvalue weighted by Gasteiger charge is -2.43. The topological polar surface area (TPSA) is 302 Å². The van der Waals surface area contributed by atoms with E-state index < -0.39 is 124 Å². The Kier molecular flexibility index (Phi) is 13.4. The summed E-state index contributed by atoms with van der Waals surface area (Å²) in [5, 5.41) is 113. The molecule has 3 rings (SSSR count). The van der Waals surface area contributed by atoms with Gasteiger partial charge in [0.1, 0.15) is 79.3 Å². The fraction of sp³-hybridized carbons (Fsp3) is 0.960. The van der Waals surface area contributed by atoms with Gasteiger partial charge in [-0.3, -0.25) is 4.99 Å². The fourth-order valence-corrected chi connectivity index (χ4v) is 4.57. The molecule has 0 radical (unpaired) electrons. The van der Waals surface area contributed by atoms with Gasteiger partial charge >= 0.3 is 0 Å². The van der Waals surface area contributed by atoms with Gasteiger partial charge in [0.25, 0.3) is 0 Å². The SMILES string of the molecule is CC(C)(C)OC([O-])=NCCOC1OC(COC2OC(COC3OC(CO)C(O)C(O)C3O)C(O)C(O)C2O)C(O)C(O)C1O. The van der Waals surface area contributed by atoms with Crippen molar-refractivity contribution in [2.75, 3.05) is 33.0 Å². The van der Waals surface area contributed by atoms with Crippen molar-refractivity contribution >= 4 is 6.08 Å². The van der Waals surface area contributed by atoms with E-state index in [9.17, 15) is 56.2 Å². The van der Waals surface area contributed by atoms with Gasteiger partial charge in [-0.1, -0.05) is 20.8 Å². The van der Waals surface area contributed by atoms with Crippen LogP contribution in [0.4, 0.5) is 0 Å². The average Bonchev–Trinajstić information content (AvgIpc) is 2.96. The first-order valence-corrected chi connectivity index (χ1v) is 14.0. The highest BCUT2D eigenvalue weighted by Gasteiger charge is 2.49. The van der Waals surface area contributed by atoms with E-state index in [2.05, 4.69) is 4.99 Å². The number of ether oxygens (including phenoxy) is 7. The van der Waals surface area contributed by atoms with Crippen LogP contribution in [0, 0.1) is 0 Å². The number of aliphatic hydroxyl groups excluding tert-OH is 10. The molecule has 258 valence electrons. The molecule has 3 fully saturated rings. The van der Waals surface area contributed by atoms with Crippen LogP contribution in [0.15, 0.2) is 4.99 Å². The molecular formula is C25H44NO18-. The molecule has 0 bridgehead atoms. The Morgan fingerprint density at radius 3 is 1.41 bits per heavy atom. The normalized spacial score (nSPS) is 44.0. The van der Waals surface area contributed by atoms with Gasteiger partial charge in [-0.05, 0) is 0 Å². The summed E-state index contributed by atoms with van der Waals surface area (Å²) in [6.07, 6.45) is -25.2. The van der Waals surface area contributed by atoms with Crippen LogP contribution in [0.3, 0.4) is 0 Å². The molecule has 15 unspecified atom stereocenters. The molecule has 3 aliphatic heterocycles. The van der Waals surface area contributed by atoms with Gasteiger partial charge in [-0.15, -0.1) is 0 Å². The molecular weight excluding hydrogens is 602 g/mol. The number of nitrogens with zero attached hydrogens (tertiary/aromatic N) is 1. The van der Waals surface area contributed by atoms with Crippen LogP contribution in [0.25, 0.3) is 0 Å². The van der Waals surface area contributed by atoms with E-state index in [1.165, 1.54) is 0 Å². The van der Waals surface area contributed by atoms with E-state index >= 15 is 0 Å². The van der Waals surface area contributed by atoms with Crippen molar-refractivity contribution in [1.29, 1.82) is 0 Å². The molecule has 0 spiro atoms.